The van der Waals surface area contributed by atoms with E-state index in [1.807, 2.05) is 26.8 Å². The number of amides is 1. The van der Waals surface area contributed by atoms with Gasteiger partial charge in [0.05, 0.1) is 13.2 Å². The Morgan fingerprint density at radius 3 is 2.59 bits per heavy atom. The zero-order chi connectivity index (χ0) is 20.0. The number of nitrogens with one attached hydrogen (secondary N) is 1. The Labute approximate surface area is 164 Å². The van der Waals surface area contributed by atoms with Crippen LogP contribution in [0.4, 0.5) is 5.69 Å². The number of anilines is 1. The van der Waals surface area contributed by atoms with Crippen molar-refractivity contribution < 1.29 is 14.3 Å². The van der Waals surface area contributed by atoms with Gasteiger partial charge in [-0.25, -0.2) is 0 Å². The van der Waals surface area contributed by atoms with Gasteiger partial charge in [-0.15, -0.1) is 0 Å². The highest BCUT2D eigenvalue weighted by molar-refractivity contribution is 6.31. The minimum Gasteiger partial charge on any atom is -0.497 e. The number of halogens is 1. The molecule has 6 heteroatoms. The highest BCUT2D eigenvalue weighted by Crippen LogP contribution is 2.28. The topological polar surface area (TPSA) is 71.3 Å². The fourth-order valence-corrected chi connectivity index (χ4v) is 2.47. The number of carbonyl (C=O) groups excluding carboxylic acids is 1. The number of nitriles is 1. The Bertz CT molecular complexity index is 914. The Morgan fingerprint density at radius 2 is 2.00 bits per heavy atom. The second-order valence-electron chi connectivity index (χ2n) is 6.16. The maximum absolute atomic E-state index is 12.5. The summed E-state index contributed by atoms with van der Waals surface area (Å²) in [5.41, 5.74) is 1.98. The van der Waals surface area contributed by atoms with Crippen molar-refractivity contribution in [2.24, 2.45) is 0 Å². The third-order valence-corrected chi connectivity index (χ3v) is 4.09. The van der Waals surface area contributed by atoms with Crippen molar-refractivity contribution in [3.8, 4) is 17.6 Å². The maximum atomic E-state index is 12.5. The van der Waals surface area contributed by atoms with Crippen molar-refractivity contribution >= 4 is 29.3 Å². The SMILES string of the molecule is COc1ccc(/C=C(\C#N)C(=O)Nc2ccc(C)c(Cl)c2)c(OC(C)C)c1. The van der Waals surface area contributed by atoms with Crippen molar-refractivity contribution in [1.82, 2.24) is 0 Å². The van der Waals surface area contributed by atoms with Crippen LogP contribution >= 0.6 is 11.6 Å². The van der Waals surface area contributed by atoms with Crippen LogP contribution in [0.3, 0.4) is 0 Å². The van der Waals surface area contributed by atoms with Crippen LogP contribution < -0.4 is 14.8 Å². The minimum absolute atomic E-state index is 0.0505. The van der Waals surface area contributed by atoms with Gasteiger partial charge in [0, 0.05) is 22.3 Å². The zero-order valence-corrected chi connectivity index (χ0v) is 16.4. The number of carbonyl (C=O) groups is 1. The summed E-state index contributed by atoms with van der Waals surface area (Å²) in [6, 6.07) is 12.3. The van der Waals surface area contributed by atoms with Crippen molar-refractivity contribution in [3.05, 3.63) is 58.1 Å². The molecule has 0 fully saturated rings. The molecule has 0 aliphatic carbocycles. The first-order chi connectivity index (χ1) is 12.8. The summed E-state index contributed by atoms with van der Waals surface area (Å²) >= 11 is 6.08. The molecule has 0 radical (unpaired) electrons. The number of nitrogens with zero attached hydrogens (tertiary/aromatic N) is 1. The van der Waals surface area contributed by atoms with Gasteiger partial charge in [0.1, 0.15) is 23.1 Å². The number of aryl methyl sites for hydroxylation is 1. The first kappa shape index (κ1) is 20.3. The van der Waals surface area contributed by atoms with Crippen LogP contribution in [0.2, 0.25) is 5.02 Å². The molecule has 0 atom stereocenters. The molecule has 0 spiro atoms. The number of ether oxygens (including phenoxy) is 2. The standard InChI is InChI=1S/C21H21ClN2O3/c1-13(2)27-20-11-18(26-4)8-6-15(20)9-16(12-23)21(25)24-17-7-5-14(3)19(22)10-17/h5-11,13H,1-4H3,(H,24,25)/b16-9+. The van der Waals surface area contributed by atoms with Crippen LogP contribution in [0.5, 0.6) is 11.5 Å². The average molecular weight is 385 g/mol. The molecule has 2 aromatic carbocycles. The van der Waals surface area contributed by atoms with E-state index < -0.39 is 5.91 Å². The number of hydrogen-bond acceptors (Lipinski definition) is 4. The Kier molecular flexibility index (Phi) is 6.86. The fourth-order valence-electron chi connectivity index (χ4n) is 2.29. The van der Waals surface area contributed by atoms with Crippen LogP contribution in [0.25, 0.3) is 6.08 Å². The highest BCUT2D eigenvalue weighted by Gasteiger charge is 2.13. The first-order valence-electron chi connectivity index (χ1n) is 8.38. The van der Waals surface area contributed by atoms with Crippen molar-refractivity contribution in [2.45, 2.75) is 26.9 Å². The van der Waals surface area contributed by atoms with Crippen molar-refractivity contribution in [2.75, 3.05) is 12.4 Å². The predicted molar refractivity (Wildman–Crippen MR) is 107 cm³/mol. The summed E-state index contributed by atoms with van der Waals surface area (Å²) in [6.07, 6.45) is 1.42. The molecule has 5 nitrogen and oxygen atoms in total. The van der Waals surface area contributed by atoms with Crippen LogP contribution in [-0.4, -0.2) is 19.1 Å². The summed E-state index contributed by atoms with van der Waals surface area (Å²) in [5.74, 6) is 0.632. The molecule has 1 N–H and O–H groups in total. The summed E-state index contributed by atoms with van der Waals surface area (Å²) in [4.78, 5) is 12.5. The van der Waals surface area contributed by atoms with Gasteiger partial charge in [-0.05, 0) is 56.7 Å². The Morgan fingerprint density at radius 1 is 1.26 bits per heavy atom. The van der Waals surface area contributed by atoms with Gasteiger partial charge in [0.25, 0.3) is 5.91 Å². The van der Waals surface area contributed by atoms with Crippen molar-refractivity contribution in [3.63, 3.8) is 0 Å². The summed E-state index contributed by atoms with van der Waals surface area (Å²) in [5, 5.41) is 12.7. The molecule has 2 aromatic rings. The van der Waals surface area contributed by atoms with E-state index in [9.17, 15) is 10.1 Å². The second-order valence-corrected chi connectivity index (χ2v) is 6.57. The smallest absolute Gasteiger partial charge is 0.266 e. The zero-order valence-electron chi connectivity index (χ0n) is 15.7. The van der Waals surface area contributed by atoms with E-state index in [1.165, 1.54) is 6.08 Å². The third-order valence-electron chi connectivity index (χ3n) is 3.68. The fraction of sp³-hybridized carbons (Fsp3) is 0.238. The van der Waals surface area contributed by atoms with Gasteiger partial charge in [0.2, 0.25) is 0 Å². The van der Waals surface area contributed by atoms with E-state index in [4.69, 9.17) is 21.1 Å². The molecule has 2 rings (SSSR count). The molecule has 140 valence electrons. The van der Waals surface area contributed by atoms with Crippen LogP contribution in [0, 0.1) is 18.3 Å². The largest absolute Gasteiger partial charge is 0.497 e. The molecule has 0 unspecified atom stereocenters. The van der Waals surface area contributed by atoms with E-state index >= 15 is 0 Å². The lowest BCUT2D eigenvalue weighted by Crippen LogP contribution is -2.13. The molecule has 0 heterocycles. The molecule has 27 heavy (non-hydrogen) atoms. The summed E-state index contributed by atoms with van der Waals surface area (Å²) in [7, 11) is 1.56. The van der Waals surface area contributed by atoms with Gasteiger partial charge in [-0.1, -0.05) is 17.7 Å². The first-order valence-corrected chi connectivity index (χ1v) is 8.75. The molecule has 0 bridgehead atoms. The molecular formula is C21H21ClN2O3. The van der Waals surface area contributed by atoms with Crippen LogP contribution in [0.15, 0.2) is 42.0 Å². The van der Waals surface area contributed by atoms with Gasteiger partial charge in [-0.2, -0.15) is 5.26 Å². The molecule has 0 aromatic heterocycles. The lowest BCUT2D eigenvalue weighted by Gasteiger charge is -2.14. The van der Waals surface area contributed by atoms with E-state index in [-0.39, 0.29) is 11.7 Å². The highest BCUT2D eigenvalue weighted by atomic mass is 35.5. The van der Waals surface area contributed by atoms with Gasteiger partial charge in [0.15, 0.2) is 0 Å². The number of benzene rings is 2. The number of hydrogen-bond donors (Lipinski definition) is 1. The van der Waals surface area contributed by atoms with Crippen LogP contribution in [-0.2, 0) is 4.79 Å². The molecule has 0 saturated heterocycles. The molecular weight excluding hydrogens is 364 g/mol. The lowest BCUT2D eigenvalue weighted by atomic mass is 10.1. The molecule has 0 aliphatic heterocycles. The Hall–Kier alpha value is -2.97. The predicted octanol–water partition coefficient (Wildman–Crippen LogP) is 4.99. The normalized spacial score (nSPS) is 11.1. The van der Waals surface area contributed by atoms with E-state index in [0.717, 1.165) is 5.56 Å². The van der Waals surface area contributed by atoms with E-state index in [0.29, 0.717) is 27.8 Å². The van der Waals surface area contributed by atoms with E-state index in [2.05, 4.69) is 5.32 Å². The minimum atomic E-state index is -0.524. The third kappa shape index (κ3) is 5.50. The average Bonchev–Trinajstić information content (AvgIpc) is 2.63. The maximum Gasteiger partial charge on any atom is 0.266 e. The van der Waals surface area contributed by atoms with Gasteiger partial charge in [-0.3, -0.25) is 4.79 Å². The Balaban J connectivity index is 2.32. The van der Waals surface area contributed by atoms with Gasteiger partial charge < -0.3 is 14.8 Å². The number of rotatable bonds is 6. The lowest BCUT2D eigenvalue weighted by molar-refractivity contribution is -0.112. The van der Waals surface area contributed by atoms with Gasteiger partial charge >= 0.3 is 0 Å². The molecule has 1 amide bonds. The van der Waals surface area contributed by atoms with Crippen molar-refractivity contribution in [1.29, 1.82) is 5.26 Å². The summed E-state index contributed by atoms with van der Waals surface area (Å²) in [6.45, 7) is 5.66. The monoisotopic (exact) mass is 384 g/mol. The summed E-state index contributed by atoms with van der Waals surface area (Å²) < 4.78 is 11.0. The van der Waals surface area contributed by atoms with E-state index in [1.54, 1.807) is 43.5 Å². The second kappa shape index (κ2) is 9.11. The molecule has 0 aliphatic rings. The van der Waals surface area contributed by atoms with Crippen LogP contribution in [0.1, 0.15) is 25.0 Å². The number of methoxy groups -OCH3 is 1. The molecule has 0 saturated carbocycles. The quantitative estimate of drug-likeness (QED) is 0.562.